The van der Waals surface area contributed by atoms with Gasteiger partial charge in [0.2, 0.25) is 0 Å². The summed E-state index contributed by atoms with van der Waals surface area (Å²) in [5, 5.41) is 7.95. The fourth-order valence-corrected chi connectivity index (χ4v) is 6.60. The van der Waals surface area contributed by atoms with Crippen molar-refractivity contribution in [1.82, 2.24) is 9.24 Å². The van der Waals surface area contributed by atoms with E-state index in [1.165, 1.54) is 21.5 Å². The van der Waals surface area contributed by atoms with Crippen molar-refractivity contribution in [3.8, 4) is 0 Å². The Morgan fingerprint density at radius 2 is 1.36 bits per heavy atom. The maximum atomic E-state index is 6.69. The van der Waals surface area contributed by atoms with Crippen LogP contribution in [0.3, 0.4) is 0 Å². The molecule has 0 aliphatic carbocycles. The van der Waals surface area contributed by atoms with Crippen molar-refractivity contribution in [3.63, 3.8) is 0 Å². The topological polar surface area (TPSA) is 57.7 Å². The van der Waals surface area contributed by atoms with Gasteiger partial charge in [-0.3, -0.25) is 4.57 Å². The van der Waals surface area contributed by atoms with E-state index >= 15 is 0 Å². The normalized spacial score (nSPS) is 13.6. The Morgan fingerprint density at radius 3 is 2.12 bits per heavy atom. The monoisotopic (exact) mass is 542 g/mol. The number of hydrogen-bond donors (Lipinski definition) is 0. The molecular weight excluding hydrogens is 518 g/mol. The first-order valence-corrected chi connectivity index (χ1v) is 14.1. The molecule has 4 heterocycles. The molecule has 0 unspecified atom stereocenters. The number of aliphatic imine (C=N–C) groups is 1. The molecule has 0 N–H and O–H groups in total. The fourth-order valence-electron chi connectivity index (χ4n) is 6.60. The Labute approximate surface area is 240 Å². The molecule has 5 aromatic carbocycles. The Morgan fingerprint density at radius 1 is 0.714 bits per heavy atom. The summed E-state index contributed by atoms with van der Waals surface area (Å²) in [4.78, 5) is 5.33. The van der Waals surface area contributed by atoms with Crippen LogP contribution in [0.5, 0.6) is 0 Å². The summed E-state index contributed by atoms with van der Waals surface area (Å²) in [5.74, 6) is 1.64. The van der Waals surface area contributed by atoms with Crippen molar-refractivity contribution in [1.29, 1.82) is 0 Å². The second-order valence-corrected chi connectivity index (χ2v) is 10.8. The number of benzene rings is 5. The minimum Gasteiger partial charge on any atom is -0.458 e. The van der Waals surface area contributed by atoms with Gasteiger partial charge in [0.05, 0.1) is 11.0 Å². The van der Waals surface area contributed by atoms with E-state index in [9.17, 15) is 0 Å². The van der Waals surface area contributed by atoms with Gasteiger partial charge in [-0.25, -0.2) is 4.99 Å². The molecule has 9 rings (SSSR count). The van der Waals surface area contributed by atoms with Crippen LogP contribution in [0.4, 0.5) is 5.69 Å². The minimum absolute atomic E-state index is 0.569. The van der Waals surface area contributed by atoms with E-state index in [1.807, 2.05) is 48.7 Å². The third-order valence-corrected chi connectivity index (χ3v) is 8.34. The SMILES string of the molecule is CC(=Nc1c(CC2=[N+]=CC=C2)oc2ccccc12)n1c2ccccc2c2c3ccccc3c3c4ccccc4oc3c21. The Balaban J connectivity index is 1.42. The number of allylic oxidation sites excluding steroid dienone is 2. The summed E-state index contributed by atoms with van der Waals surface area (Å²) in [6, 6.07) is 33.6. The van der Waals surface area contributed by atoms with Gasteiger partial charge in [0.1, 0.15) is 34.9 Å². The number of rotatable bonds is 3. The number of aromatic nitrogens is 1. The summed E-state index contributed by atoms with van der Waals surface area (Å²) in [6.45, 7) is 2.07. The molecule has 8 aromatic rings. The van der Waals surface area contributed by atoms with E-state index in [-0.39, 0.29) is 0 Å². The summed E-state index contributed by atoms with van der Waals surface area (Å²) in [7, 11) is 0. The molecule has 0 atom stereocenters. The highest BCUT2D eigenvalue weighted by atomic mass is 16.3. The van der Waals surface area contributed by atoms with Crippen molar-refractivity contribution >= 4 is 88.9 Å². The van der Waals surface area contributed by atoms with E-state index in [1.54, 1.807) is 0 Å². The van der Waals surface area contributed by atoms with Gasteiger partial charge >= 0.3 is 5.71 Å². The van der Waals surface area contributed by atoms with Crippen molar-refractivity contribution in [2.24, 2.45) is 4.99 Å². The molecule has 0 saturated carbocycles. The molecule has 42 heavy (non-hydrogen) atoms. The highest BCUT2D eigenvalue weighted by molar-refractivity contribution is 6.36. The van der Waals surface area contributed by atoms with Crippen LogP contribution in [0.2, 0.25) is 0 Å². The number of fused-ring (bicyclic) bond motifs is 11. The standard InChI is InChI=1S/C37H24N3O2/c1-22(39-35-28-16-6-9-19-31(28)41-32(35)21-23-11-10-20-38-23)40-29-17-7-4-14-26(29)33-24-12-2-3-13-25(24)34-27-15-5-8-18-30(27)42-37(34)36(33)40/h2-20H,21H2,1H3/q+1. The Kier molecular flexibility index (Phi) is 4.77. The van der Waals surface area contributed by atoms with Crippen LogP contribution >= 0.6 is 0 Å². The molecule has 0 fully saturated rings. The lowest BCUT2D eigenvalue weighted by atomic mass is 9.99. The number of nitrogens with zero attached hydrogens (tertiary/aromatic N) is 3. The average Bonchev–Trinajstić information content (AvgIpc) is 3.81. The minimum atomic E-state index is 0.569. The molecule has 5 heteroatoms. The van der Waals surface area contributed by atoms with Gasteiger partial charge < -0.3 is 8.83 Å². The van der Waals surface area contributed by atoms with Crippen molar-refractivity contribution < 1.29 is 8.83 Å². The highest BCUT2D eigenvalue weighted by Crippen LogP contribution is 2.45. The predicted octanol–water partition coefficient (Wildman–Crippen LogP) is 8.88. The number of hydrogen-bond acceptors (Lipinski definition) is 3. The summed E-state index contributed by atoms with van der Waals surface area (Å²) in [6.07, 6.45) is 6.35. The maximum Gasteiger partial charge on any atom is 0.311 e. The first kappa shape index (κ1) is 23.1. The van der Waals surface area contributed by atoms with Crippen LogP contribution in [0, 0.1) is 0 Å². The van der Waals surface area contributed by atoms with E-state index < -0.39 is 0 Å². The summed E-state index contributed by atoms with van der Waals surface area (Å²) < 4.78 is 19.8. The number of para-hydroxylation sites is 3. The van der Waals surface area contributed by atoms with Crippen LogP contribution in [0.25, 0.3) is 65.5 Å². The summed E-state index contributed by atoms with van der Waals surface area (Å²) >= 11 is 0. The molecular formula is C37H24N3O2+. The lowest BCUT2D eigenvalue weighted by Gasteiger charge is -2.09. The number of furan rings is 2. The van der Waals surface area contributed by atoms with Crippen LogP contribution in [0.15, 0.2) is 123 Å². The van der Waals surface area contributed by atoms with Crippen molar-refractivity contribution in [2.45, 2.75) is 13.3 Å². The molecule has 0 bridgehead atoms. The van der Waals surface area contributed by atoms with Gasteiger partial charge in [-0.1, -0.05) is 77.5 Å². The summed E-state index contributed by atoms with van der Waals surface area (Å²) in [5.41, 5.74) is 6.46. The smallest absolute Gasteiger partial charge is 0.311 e. The average molecular weight is 543 g/mol. The molecule has 198 valence electrons. The molecule has 0 amide bonds. The van der Waals surface area contributed by atoms with Gasteiger partial charge in [-0.05, 0) is 42.0 Å². The van der Waals surface area contributed by atoms with E-state index in [0.29, 0.717) is 6.42 Å². The lowest BCUT2D eigenvalue weighted by molar-refractivity contribution is 0.570. The van der Waals surface area contributed by atoms with Crippen molar-refractivity contribution in [3.05, 3.63) is 115 Å². The van der Waals surface area contributed by atoms with Crippen LogP contribution in [-0.4, -0.2) is 22.3 Å². The van der Waals surface area contributed by atoms with Gasteiger partial charge in [-0.2, -0.15) is 0 Å². The van der Waals surface area contributed by atoms with E-state index in [4.69, 9.17) is 13.8 Å². The largest absolute Gasteiger partial charge is 0.458 e. The highest BCUT2D eigenvalue weighted by Gasteiger charge is 2.24. The molecule has 5 nitrogen and oxygen atoms in total. The second kappa shape index (κ2) is 8.68. The quantitative estimate of drug-likeness (QED) is 0.127. The first-order valence-electron chi connectivity index (χ1n) is 14.1. The maximum absolute atomic E-state index is 6.69. The van der Waals surface area contributed by atoms with E-state index in [0.717, 1.165) is 66.9 Å². The van der Waals surface area contributed by atoms with Crippen molar-refractivity contribution in [2.75, 3.05) is 0 Å². The van der Waals surface area contributed by atoms with E-state index in [2.05, 4.69) is 82.9 Å². The van der Waals surface area contributed by atoms with Gasteiger partial charge in [0.15, 0.2) is 5.58 Å². The lowest BCUT2D eigenvalue weighted by Crippen LogP contribution is -2.07. The van der Waals surface area contributed by atoms with Crippen LogP contribution < -0.4 is 4.67 Å². The Bertz CT molecular complexity index is 2550. The third-order valence-electron chi connectivity index (χ3n) is 8.34. The van der Waals surface area contributed by atoms with Gasteiger partial charge in [-0.15, -0.1) is 0 Å². The first-order chi connectivity index (χ1) is 20.8. The second-order valence-electron chi connectivity index (χ2n) is 10.8. The zero-order valence-corrected chi connectivity index (χ0v) is 22.8. The molecule has 0 radical (unpaired) electrons. The molecule has 0 spiro atoms. The van der Waals surface area contributed by atoms with Crippen LogP contribution in [-0.2, 0) is 6.42 Å². The molecule has 3 aromatic heterocycles. The molecule has 0 saturated heterocycles. The molecule has 1 aliphatic rings. The Hall–Kier alpha value is -5.64. The fraction of sp³-hybridized carbons (Fsp3) is 0.0541. The molecule has 1 aliphatic heterocycles. The van der Waals surface area contributed by atoms with Gasteiger partial charge in [0, 0.05) is 39.1 Å². The predicted molar refractivity (Wildman–Crippen MR) is 175 cm³/mol. The zero-order chi connectivity index (χ0) is 27.8. The zero-order valence-electron chi connectivity index (χ0n) is 22.8. The third kappa shape index (κ3) is 3.20. The van der Waals surface area contributed by atoms with Crippen LogP contribution in [0.1, 0.15) is 12.7 Å². The van der Waals surface area contributed by atoms with Gasteiger partial charge in [0.25, 0.3) is 6.21 Å².